The molecular weight excluding hydrogens is 174 g/mol. The summed E-state index contributed by atoms with van der Waals surface area (Å²) in [4.78, 5) is 0. The van der Waals surface area contributed by atoms with Gasteiger partial charge in [-0.1, -0.05) is 19.3 Å². The average molecular weight is 197 g/mol. The Hall–Kier alpha value is -0.0800. The predicted octanol–water partition coefficient (Wildman–Crippen LogP) is 1.93. The SMILES string of the molecule is O[C@@H](C1CCCCC1)C1CCNCC1. The van der Waals surface area contributed by atoms with E-state index < -0.39 is 0 Å². The van der Waals surface area contributed by atoms with E-state index in [2.05, 4.69) is 5.32 Å². The smallest absolute Gasteiger partial charge is 0.0597 e. The van der Waals surface area contributed by atoms with Gasteiger partial charge in [0.15, 0.2) is 0 Å². The molecule has 14 heavy (non-hydrogen) atoms. The first-order valence-electron chi connectivity index (χ1n) is 6.26. The minimum atomic E-state index is -0.00241. The Labute approximate surface area is 87.1 Å². The van der Waals surface area contributed by atoms with Crippen LogP contribution in [0.2, 0.25) is 0 Å². The van der Waals surface area contributed by atoms with Crippen molar-refractivity contribution in [1.29, 1.82) is 0 Å². The highest BCUT2D eigenvalue weighted by molar-refractivity contribution is 4.82. The highest BCUT2D eigenvalue weighted by Crippen LogP contribution is 2.32. The van der Waals surface area contributed by atoms with E-state index in [4.69, 9.17) is 0 Å². The summed E-state index contributed by atoms with van der Waals surface area (Å²) in [6, 6.07) is 0. The van der Waals surface area contributed by atoms with Gasteiger partial charge in [-0.25, -0.2) is 0 Å². The van der Waals surface area contributed by atoms with E-state index in [-0.39, 0.29) is 6.10 Å². The lowest BCUT2D eigenvalue weighted by Crippen LogP contribution is -2.38. The summed E-state index contributed by atoms with van der Waals surface area (Å²) < 4.78 is 0. The van der Waals surface area contributed by atoms with Gasteiger partial charge in [0, 0.05) is 0 Å². The Balaban J connectivity index is 1.82. The van der Waals surface area contributed by atoms with Crippen LogP contribution in [0, 0.1) is 11.8 Å². The molecule has 2 aliphatic rings. The third-order valence-corrected chi connectivity index (χ3v) is 4.00. The zero-order valence-corrected chi connectivity index (χ0v) is 9.04. The summed E-state index contributed by atoms with van der Waals surface area (Å²) in [7, 11) is 0. The molecule has 2 fully saturated rings. The van der Waals surface area contributed by atoms with Crippen LogP contribution < -0.4 is 5.32 Å². The highest BCUT2D eigenvalue weighted by atomic mass is 16.3. The maximum Gasteiger partial charge on any atom is 0.0597 e. The number of aliphatic hydroxyl groups is 1. The number of rotatable bonds is 2. The van der Waals surface area contributed by atoms with Gasteiger partial charge in [-0.05, 0) is 50.6 Å². The predicted molar refractivity (Wildman–Crippen MR) is 58.2 cm³/mol. The van der Waals surface area contributed by atoms with E-state index in [1.807, 2.05) is 0 Å². The summed E-state index contributed by atoms with van der Waals surface area (Å²) in [6.07, 6.45) is 8.96. The lowest BCUT2D eigenvalue weighted by molar-refractivity contribution is 0.0213. The first kappa shape index (κ1) is 10.4. The molecule has 1 saturated heterocycles. The molecule has 1 aliphatic heterocycles. The minimum Gasteiger partial charge on any atom is -0.393 e. The van der Waals surface area contributed by atoms with Crippen molar-refractivity contribution in [2.45, 2.75) is 51.0 Å². The molecule has 1 atom stereocenters. The molecule has 0 spiro atoms. The Morgan fingerprint density at radius 2 is 1.43 bits per heavy atom. The second-order valence-corrected chi connectivity index (χ2v) is 4.98. The summed E-state index contributed by atoms with van der Waals surface area (Å²) in [6.45, 7) is 2.21. The van der Waals surface area contributed by atoms with Gasteiger partial charge in [0.05, 0.1) is 6.10 Å². The van der Waals surface area contributed by atoms with Crippen molar-refractivity contribution >= 4 is 0 Å². The molecule has 0 aromatic rings. The third kappa shape index (κ3) is 2.48. The molecule has 2 rings (SSSR count). The van der Waals surface area contributed by atoms with Gasteiger partial charge in [0.2, 0.25) is 0 Å². The molecule has 2 N–H and O–H groups in total. The normalized spacial score (nSPS) is 28.9. The number of hydrogen-bond donors (Lipinski definition) is 2. The van der Waals surface area contributed by atoms with Crippen LogP contribution >= 0.6 is 0 Å². The zero-order valence-electron chi connectivity index (χ0n) is 9.04. The van der Waals surface area contributed by atoms with Crippen LogP contribution in [0.3, 0.4) is 0 Å². The van der Waals surface area contributed by atoms with Crippen molar-refractivity contribution in [3.63, 3.8) is 0 Å². The van der Waals surface area contributed by atoms with Gasteiger partial charge in [-0.2, -0.15) is 0 Å². The van der Waals surface area contributed by atoms with Crippen molar-refractivity contribution < 1.29 is 5.11 Å². The molecule has 1 saturated carbocycles. The number of piperidine rings is 1. The van der Waals surface area contributed by atoms with Gasteiger partial charge in [-0.3, -0.25) is 0 Å². The molecule has 2 nitrogen and oxygen atoms in total. The Bertz CT molecular complexity index is 142. The summed E-state index contributed by atoms with van der Waals surface area (Å²) >= 11 is 0. The summed E-state index contributed by atoms with van der Waals surface area (Å²) in [5.74, 6) is 1.20. The van der Waals surface area contributed by atoms with Gasteiger partial charge >= 0.3 is 0 Å². The van der Waals surface area contributed by atoms with E-state index in [1.54, 1.807) is 0 Å². The molecule has 0 amide bonds. The molecule has 2 heteroatoms. The van der Waals surface area contributed by atoms with Crippen molar-refractivity contribution in [2.75, 3.05) is 13.1 Å². The molecule has 0 radical (unpaired) electrons. The minimum absolute atomic E-state index is 0.00241. The Morgan fingerprint density at radius 1 is 0.857 bits per heavy atom. The third-order valence-electron chi connectivity index (χ3n) is 4.00. The van der Waals surface area contributed by atoms with Gasteiger partial charge < -0.3 is 10.4 Å². The number of nitrogens with one attached hydrogen (secondary N) is 1. The molecule has 0 aromatic carbocycles. The highest BCUT2D eigenvalue weighted by Gasteiger charge is 2.29. The van der Waals surface area contributed by atoms with E-state index in [9.17, 15) is 5.11 Å². The van der Waals surface area contributed by atoms with Gasteiger partial charge in [-0.15, -0.1) is 0 Å². The van der Waals surface area contributed by atoms with E-state index in [0.717, 1.165) is 13.1 Å². The molecule has 1 aliphatic carbocycles. The molecular formula is C12H23NO. The van der Waals surface area contributed by atoms with Crippen LogP contribution in [0.15, 0.2) is 0 Å². The van der Waals surface area contributed by atoms with E-state index in [0.29, 0.717) is 11.8 Å². The van der Waals surface area contributed by atoms with E-state index in [1.165, 1.54) is 44.9 Å². The van der Waals surface area contributed by atoms with Crippen LogP contribution in [0.4, 0.5) is 0 Å². The van der Waals surface area contributed by atoms with Crippen LogP contribution in [0.1, 0.15) is 44.9 Å². The van der Waals surface area contributed by atoms with Crippen LogP contribution in [0.5, 0.6) is 0 Å². The molecule has 82 valence electrons. The topological polar surface area (TPSA) is 32.3 Å². The first-order valence-corrected chi connectivity index (χ1v) is 6.26. The largest absolute Gasteiger partial charge is 0.393 e. The van der Waals surface area contributed by atoms with Crippen molar-refractivity contribution in [2.24, 2.45) is 11.8 Å². The molecule has 0 aromatic heterocycles. The number of hydrogen-bond acceptors (Lipinski definition) is 2. The Kier molecular flexibility index (Phi) is 3.82. The fourth-order valence-corrected chi connectivity index (χ4v) is 3.05. The first-order chi connectivity index (χ1) is 6.88. The van der Waals surface area contributed by atoms with E-state index >= 15 is 0 Å². The zero-order chi connectivity index (χ0) is 9.80. The maximum atomic E-state index is 10.3. The molecule has 0 bridgehead atoms. The number of aliphatic hydroxyl groups excluding tert-OH is 1. The lowest BCUT2D eigenvalue weighted by atomic mass is 9.78. The monoisotopic (exact) mass is 197 g/mol. The molecule has 0 unspecified atom stereocenters. The average Bonchev–Trinajstić information content (AvgIpc) is 2.30. The van der Waals surface area contributed by atoms with Crippen LogP contribution in [-0.4, -0.2) is 24.3 Å². The van der Waals surface area contributed by atoms with Gasteiger partial charge in [0.25, 0.3) is 0 Å². The lowest BCUT2D eigenvalue weighted by Gasteiger charge is -2.34. The molecule has 1 heterocycles. The fraction of sp³-hybridized carbons (Fsp3) is 1.00. The maximum absolute atomic E-state index is 10.3. The summed E-state index contributed by atoms with van der Waals surface area (Å²) in [5.41, 5.74) is 0. The van der Waals surface area contributed by atoms with Gasteiger partial charge in [0.1, 0.15) is 0 Å². The standard InChI is InChI=1S/C12H23NO/c14-12(10-4-2-1-3-5-10)11-6-8-13-9-7-11/h10-14H,1-9H2/t12-/m0/s1. The fourth-order valence-electron chi connectivity index (χ4n) is 3.05. The second kappa shape index (κ2) is 5.13. The second-order valence-electron chi connectivity index (χ2n) is 4.98. The van der Waals surface area contributed by atoms with Crippen LogP contribution in [0.25, 0.3) is 0 Å². The summed E-state index contributed by atoms with van der Waals surface area (Å²) in [5, 5.41) is 13.6. The quantitative estimate of drug-likeness (QED) is 0.709. The van der Waals surface area contributed by atoms with Crippen molar-refractivity contribution in [1.82, 2.24) is 5.32 Å². The van der Waals surface area contributed by atoms with Crippen molar-refractivity contribution in [3.8, 4) is 0 Å². The Morgan fingerprint density at radius 3 is 2.07 bits per heavy atom. The van der Waals surface area contributed by atoms with Crippen LogP contribution in [-0.2, 0) is 0 Å². The van der Waals surface area contributed by atoms with Crippen molar-refractivity contribution in [3.05, 3.63) is 0 Å².